The minimum Gasteiger partial charge on any atom is -0.507 e. The van der Waals surface area contributed by atoms with Crippen LogP contribution in [-0.2, 0) is 6.42 Å². The average molecular weight is 164 g/mol. The lowest BCUT2D eigenvalue weighted by Gasteiger charge is -2.03. The first-order valence-electron chi connectivity index (χ1n) is 3.81. The van der Waals surface area contributed by atoms with Crippen LogP contribution >= 0.6 is 0 Å². The van der Waals surface area contributed by atoms with Gasteiger partial charge in [-0.3, -0.25) is 5.41 Å². The summed E-state index contributed by atoms with van der Waals surface area (Å²) in [6, 6.07) is 5.12. The molecule has 0 aromatic heterocycles. The lowest BCUT2D eigenvalue weighted by molar-refractivity contribution is 0.474. The first kappa shape index (κ1) is 8.59. The predicted molar refractivity (Wildman–Crippen MR) is 48.5 cm³/mol. The molecule has 0 radical (unpaired) electrons. The Bertz CT molecular complexity index is 307. The summed E-state index contributed by atoms with van der Waals surface area (Å²) in [6.07, 6.45) is 0.876. The summed E-state index contributed by atoms with van der Waals surface area (Å²) in [7, 11) is 0. The summed E-state index contributed by atoms with van der Waals surface area (Å²) >= 11 is 0. The van der Waals surface area contributed by atoms with Gasteiger partial charge in [0.1, 0.15) is 11.6 Å². The Morgan fingerprint density at radius 3 is 2.75 bits per heavy atom. The molecule has 0 saturated carbocycles. The minimum absolute atomic E-state index is 0.0692. The van der Waals surface area contributed by atoms with Crippen LogP contribution in [0.25, 0.3) is 0 Å². The van der Waals surface area contributed by atoms with Gasteiger partial charge in [-0.15, -0.1) is 0 Å². The van der Waals surface area contributed by atoms with Gasteiger partial charge in [-0.1, -0.05) is 13.0 Å². The van der Waals surface area contributed by atoms with Crippen LogP contribution in [0.2, 0.25) is 0 Å². The smallest absolute Gasteiger partial charge is 0.126 e. The van der Waals surface area contributed by atoms with Gasteiger partial charge in [-0.2, -0.15) is 0 Å². The molecule has 1 rings (SSSR count). The summed E-state index contributed by atoms with van der Waals surface area (Å²) in [5, 5.41) is 16.4. The highest BCUT2D eigenvalue weighted by Crippen LogP contribution is 2.17. The molecule has 12 heavy (non-hydrogen) atoms. The summed E-state index contributed by atoms with van der Waals surface area (Å²) in [5.74, 6) is -0.0255. The third-order valence-electron chi connectivity index (χ3n) is 1.76. The van der Waals surface area contributed by atoms with E-state index in [1.165, 1.54) is 0 Å². The standard InChI is InChI=1S/C9H12N2O/c1-2-6-3-4-8(12)7(5-6)9(10)11/h3-5,12H,2H2,1H3,(H3,10,11). The van der Waals surface area contributed by atoms with Crippen LogP contribution in [-0.4, -0.2) is 10.9 Å². The Balaban J connectivity index is 3.17. The zero-order chi connectivity index (χ0) is 9.14. The van der Waals surface area contributed by atoms with E-state index in [-0.39, 0.29) is 11.6 Å². The summed E-state index contributed by atoms with van der Waals surface area (Å²) in [4.78, 5) is 0. The molecule has 0 amide bonds. The number of aromatic hydroxyl groups is 1. The Morgan fingerprint density at radius 1 is 1.58 bits per heavy atom. The van der Waals surface area contributed by atoms with Crippen LogP contribution in [0.15, 0.2) is 18.2 Å². The van der Waals surface area contributed by atoms with E-state index in [4.69, 9.17) is 11.1 Å². The molecule has 64 valence electrons. The van der Waals surface area contributed by atoms with Crippen molar-refractivity contribution in [1.29, 1.82) is 5.41 Å². The fourth-order valence-corrected chi connectivity index (χ4v) is 1.02. The number of nitrogen functional groups attached to an aromatic ring is 1. The van der Waals surface area contributed by atoms with Gasteiger partial charge in [-0.25, -0.2) is 0 Å². The van der Waals surface area contributed by atoms with Crippen molar-refractivity contribution in [3.63, 3.8) is 0 Å². The minimum atomic E-state index is -0.0946. The second-order valence-electron chi connectivity index (χ2n) is 2.62. The highest BCUT2D eigenvalue weighted by Gasteiger charge is 2.03. The summed E-state index contributed by atoms with van der Waals surface area (Å²) < 4.78 is 0. The van der Waals surface area contributed by atoms with Gasteiger partial charge in [0, 0.05) is 0 Å². The lowest BCUT2D eigenvalue weighted by Crippen LogP contribution is -2.11. The fourth-order valence-electron chi connectivity index (χ4n) is 1.02. The van der Waals surface area contributed by atoms with Gasteiger partial charge in [0.15, 0.2) is 0 Å². The van der Waals surface area contributed by atoms with E-state index < -0.39 is 0 Å². The van der Waals surface area contributed by atoms with Crippen LogP contribution in [0.5, 0.6) is 5.75 Å². The number of amidine groups is 1. The second-order valence-corrected chi connectivity index (χ2v) is 2.62. The van der Waals surface area contributed by atoms with Gasteiger partial charge in [-0.05, 0) is 24.1 Å². The largest absolute Gasteiger partial charge is 0.507 e. The van der Waals surface area contributed by atoms with Gasteiger partial charge in [0.25, 0.3) is 0 Å². The normalized spacial score (nSPS) is 9.75. The van der Waals surface area contributed by atoms with Crippen LogP contribution in [0.3, 0.4) is 0 Å². The van der Waals surface area contributed by atoms with Crippen molar-refractivity contribution in [3.05, 3.63) is 29.3 Å². The van der Waals surface area contributed by atoms with E-state index in [9.17, 15) is 5.11 Å². The molecule has 3 nitrogen and oxygen atoms in total. The maximum absolute atomic E-state index is 9.28. The van der Waals surface area contributed by atoms with E-state index >= 15 is 0 Å². The van der Waals surface area contributed by atoms with E-state index in [2.05, 4.69) is 0 Å². The Kier molecular flexibility index (Phi) is 2.33. The van der Waals surface area contributed by atoms with Crippen LogP contribution in [0.1, 0.15) is 18.1 Å². The number of nitrogens with two attached hydrogens (primary N) is 1. The third-order valence-corrected chi connectivity index (χ3v) is 1.76. The van der Waals surface area contributed by atoms with Gasteiger partial charge in [0.2, 0.25) is 0 Å². The molecule has 0 aliphatic rings. The quantitative estimate of drug-likeness (QED) is 0.454. The lowest BCUT2D eigenvalue weighted by atomic mass is 10.1. The highest BCUT2D eigenvalue weighted by molar-refractivity contribution is 5.97. The molecule has 0 saturated heterocycles. The molecule has 0 atom stereocenters. The van der Waals surface area contributed by atoms with E-state index in [1.807, 2.05) is 13.0 Å². The van der Waals surface area contributed by atoms with E-state index in [0.29, 0.717) is 5.56 Å². The van der Waals surface area contributed by atoms with Crippen LogP contribution in [0, 0.1) is 5.41 Å². The third kappa shape index (κ3) is 1.56. The van der Waals surface area contributed by atoms with Crippen LogP contribution in [0.4, 0.5) is 0 Å². The van der Waals surface area contributed by atoms with E-state index in [1.54, 1.807) is 12.1 Å². The van der Waals surface area contributed by atoms with Crippen molar-refractivity contribution in [2.75, 3.05) is 0 Å². The zero-order valence-electron chi connectivity index (χ0n) is 6.96. The molecule has 0 bridgehead atoms. The van der Waals surface area contributed by atoms with E-state index in [0.717, 1.165) is 12.0 Å². The number of nitrogens with one attached hydrogen (secondary N) is 1. The fraction of sp³-hybridized carbons (Fsp3) is 0.222. The summed E-state index contributed by atoms with van der Waals surface area (Å²) in [5.41, 5.74) is 6.74. The van der Waals surface area contributed by atoms with Crippen molar-refractivity contribution in [2.45, 2.75) is 13.3 Å². The topological polar surface area (TPSA) is 70.1 Å². The average Bonchev–Trinajstić information content (AvgIpc) is 2.05. The molecule has 1 aromatic rings. The Hall–Kier alpha value is -1.51. The maximum Gasteiger partial charge on any atom is 0.126 e. The van der Waals surface area contributed by atoms with Gasteiger partial charge < -0.3 is 10.8 Å². The van der Waals surface area contributed by atoms with Crippen molar-refractivity contribution < 1.29 is 5.11 Å². The molecule has 4 N–H and O–H groups in total. The second kappa shape index (κ2) is 3.26. The monoisotopic (exact) mass is 164 g/mol. The number of hydrogen-bond donors (Lipinski definition) is 3. The maximum atomic E-state index is 9.28. The number of phenolic OH excluding ortho intramolecular Hbond substituents is 1. The molecule has 0 unspecified atom stereocenters. The first-order chi connectivity index (χ1) is 5.65. The Labute approximate surface area is 71.3 Å². The molecule has 0 fully saturated rings. The molecule has 1 aromatic carbocycles. The molecule has 0 spiro atoms. The number of phenols is 1. The van der Waals surface area contributed by atoms with Crippen molar-refractivity contribution in [2.24, 2.45) is 5.73 Å². The first-order valence-corrected chi connectivity index (χ1v) is 3.81. The van der Waals surface area contributed by atoms with Gasteiger partial charge >= 0.3 is 0 Å². The van der Waals surface area contributed by atoms with Crippen molar-refractivity contribution in [3.8, 4) is 5.75 Å². The SMILES string of the molecule is CCc1ccc(O)c(C(=N)N)c1. The number of rotatable bonds is 2. The number of benzene rings is 1. The zero-order valence-corrected chi connectivity index (χ0v) is 6.96. The molecule has 0 aliphatic heterocycles. The predicted octanol–water partition coefficient (Wildman–Crippen LogP) is 1.24. The Morgan fingerprint density at radius 2 is 2.25 bits per heavy atom. The molecular weight excluding hydrogens is 152 g/mol. The van der Waals surface area contributed by atoms with Crippen molar-refractivity contribution >= 4 is 5.84 Å². The number of aryl methyl sites for hydroxylation is 1. The highest BCUT2D eigenvalue weighted by atomic mass is 16.3. The molecule has 0 heterocycles. The molecule has 0 aliphatic carbocycles. The molecular formula is C9H12N2O. The van der Waals surface area contributed by atoms with Crippen molar-refractivity contribution in [1.82, 2.24) is 0 Å². The van der Waals surface area contributed by atoms with Crippen LogP contribution < -0.4 is 5.73 Å². The van der Waals surface area contributed by atoms with Gasteiger partial charge in [0.05, 0.1) is 5.56 Å². The summed E-state index contributed by atoms with van der Waals surface area (Å²) in [6.45, 7) is 2.01. The number of hydrogen-bond acceptors (Lipinski definition) is 2. The molecule has 3 heteroatoms.